The van der Waals surface area contributed by atoms with Crippen LogP contribution in [-0.4, -0.2) is 5.91 Å². The van der Waals surface area contributed by atoms with Gasteiger partial charge in [0.1, 0.15) is 24.0 Å². The van der Waals surface area contributed by atoms with Crippen molar-refractivity contribution in [1.29, 1.82) is 0 Å². The maximum Gasteiger partial charge on any atom is 0.265 e. The lowest BCUT2D eigenvalue weighted by molar-refractivity contribution is 0.103. The van der Waals surface area contributed by atoms with Gasteiger partial charge in [0.05, 0.1) is 4.88 Å². The van der Waals surface area contributed by atoms with Crippen molar-refractivity contribution in [2.75, 3.05) is 5.32 Å². The normalized spacial score (nSPS) is 10.5. The molecule has 0 spiro atoms. The molecule has 0 aliphatic heterocycles. The van der Waals surface area contributed by atoms with Crippen LogP contribution < -0.4 is 10.1 Å². The van der Waals surface area contributed by atoms with Crippen molar-refractivity contribution >= 4 is 22.9 Å². The molecule has 1 heterocycles. The molecule has 3 rings (SSSR count). The van der Waals surface area contributed by atoms with E-state index in [-0.39, 0.29) is 24.1 Å². The predicted molar refractivity (Wildman–Crippen MR) is 94.1 cm³/mol. The van der Waals surface area contributed by atoms with Gasteiger partial charge in [-0.1, -0.05) is 12.1 Å². The Bertz CT molecular complexity index is 908. The van der Waals surface area contributed by atoms with E-state index in [9.17, 15) is 13.6 Å². The maximum absolute atomic E-state index is 13.5. The van der Waals surface area contributed by atoms with E-state index in [1.165, 1.54) is 29.5 Å². The Kier molecular flexibility index (Phi) is 5.09. The van der Waals surface area contributed by atoms with Crippen molar-refractivity contribution in [2.45, 2.75) is 13.5 Å². The zero-order chi connectivity index (χ0) is 17.8. The molecule has 0 atom stereocenters. The Balaban J connectivity index is 1.62. The molecule has 1 amide bonds. The average molecular weight is 359 g/mol. The first-order valence-electron chi connectivity index (χ1n) is 7.54. The molecule has 3 nitrogen and oxygen atoms in total. The standard InChI is InChI=1S/C19H15F2NO2S/c1-12-5-6-15(9-17(12)21)22-19(23)18-7-13(11-25-18)10-24-16-4-2-3-14(20)8-16/h2-9,11H,10H2,1H3,(H,22,23). The van der Waals surface area contributed by atoms with E-state index in [4.69, 9.17) is 4.74 Å². The summed E-state index contributed by atoms with van der Waals surface area (Å²) in [6.07, 6.45) is 0. The van der Waals surface area contributed by atoms with Gasteiger partial charge >= 0.3 is 0 Å². The first-order valence-corrected chi connectivity index (χ1v) is 8.42. The van der Waals surface area contributed by atoms with E-state index in [1.54, 1.807) is 42.6 Å². The van der Waals surface area contributed by atoms with Crippen molar-refractivity contribution < 1.29 is 18.3 Å². The largest absolute Gasteiger partial charge is 0.489 e. The molecule has 1 aromatic heterocycles. The Morgan fingerprint density at radius 1 is 1.16 bits per heavy atom. The van der Waals surface area contributed by atoms with Crippen LogP contribution in [0, 0.1) is 18.6 Å². The van der Waals surface area contributed by atoms with Crippen molar-refractivity contribution in [1.82, 2.24) is 0 Å². The monoisotopic (exact) mass is 359 g/mol. The zero-order valence-corrected chi connectivity index (χ0v) is 14.2. The molecule has 2 aromatic carbocycles. The van der Waals surface area contributed by atoms with Crippen LogP contribution in [0.4, 0.5) is 14.5 Å². The number of nitrogens with one attached hydrogen (secondary N) is 1. The molecular formula is C19H15F2NO2S. The van der Waals surface area contributed by atoms with Crippen LogP contribution in [0.1, 0.15) is 20.8 Å². The first kappa shape index (κ1) is 17.1. The molecule has 6 heteroatoms. The van der Waals surface area contributed by atoms with Gasteiger partial charge in [-0.05, 0) is 48.2 Å². The van der Waals surface area contributed by atoms with Gasteiger partial charge in [0.2, 0.25) is 0 Å². The number of hydrogen-bond acceptors (Lipinski definition) is 3. The molecule has 0 aliphatic rings. The molecule has 3 aromatic rings. The number of aryl methyl sites for hydroxylation is 1. The fraction of sp³-hybridized carbons (Fsp3) is 0.105. The molecule has 0 bridgehead atoms. The highest BCUT2D eigenvalue weighted by Gasteiger charge is 2.11. The third kappa shape index (κ3) is 4.42. The van der Waals surface area contributed by atoms with E-state index >= 15 is 0 Å². The van der Waals surface area contributed by atoms with Crippen molar-refractivity contribution in [3.05, 3.63) is 81.5 Å². The summed E-state index contributed by atoms with van der Waals surface area (Å²) in [6, 6.07) is 12.1. The summed E-state index contributed by atoms with van der Waals surface area (Å²) in [5.41, 5.74) is 1.72. The number of carbonyl (C=O) groups is 1. The Morgan fingerprint density at radius 3 is 2.76 bits per heavy atom. The van der Waals surface area contributed by atoms with E-state index < -0.39 is 0 Å². The number of rotatable bonds is 5. The van der Waals surface area contributed by atoms with Gasteiger partial charge in [-0.25, -0.2) is 8.78 Å². The van der Waals surface area contributed by atoms with Crippen LogP contribution in [-0.2, 0) is 6.61 Å². The number of amides is 1. The number of carbonyl (C=O) groups excluding carboxylic acids is 1. The highest BCUT2D eigenvalue weighted by Crippen LogP contribution is 2.20. The average Bonchev–Trinajstić information content (AvgIpc) is 3.06. The van der Waals surface area contributed by atoms with Crippen LogP contribution in [0.2, 0.25) is 0 Å². The summed E-state index contributed by atoms with van der Waals surface area (Å²) in [4.78, 5) is 12.7. The second-order valence-electron chi connectivity index (χ2n) is 5.48. The number of hydrogen-bond donors (Lipinski definition) is 1. The highest BCUT2D eigenvalue weighted by molar-refractivity contribution is 7.12. The molecule has 0 radical (unpaired) electrons. The smallest absolute Gasteiger partial charge is 0.265 e. The van der Waals surface area contributed by atoms with Crippen molar-refractivity contribution in [3.63, 3.8) is 0 Å². The number of thiophene rings is 1. The minimum atomic E-state index is -0.367. The van der Waals surface area contributed by atoms with Crippen LogP contribution in [0.5, 0.6) is 5.75 Å². The summed E-state index contributed by atoms with van der Waals surface area (Å²) >= 11 is 1.26. The molecule has 0 fully saturated rings. The fourth-order valence-electron chi connectivity index (χ4n) is 2.16. The van der Waals surface area contributed by atoms with E-state index in [0.717, 1.165) is 5.56 Å². The van der Waals surface area contributed by atoms with Crippen LogP contribution >= 0.6 is 11.3 Å². The van der Waals surface area contributed by atoms with Crippen molar-refractivity contribution in [3.8, 4) is 5.75 Å². The number of anilines is 1. The molecule has 0 saturated carbocycles. The lowest BCUT2D eigenvalue weighted by Crippen LogP contribution is -2.10. The third-order valence-corrected chi connectivity index (χ3v) is 4.49. The summed E-state index contributed by atoms with van der Waals surface area (Å²) < 4.78 is 32.1. The summed E-state index contributed by atoms with van der Waals surface area (Å²) in [5.74, 6) is -0.626. The topological polar surface area (TPSA) is 38.3 Å². The van der Waals surface area contributed by atoms with E-state index in [2.05, 4.69) is 5.32 Å². The van der Waals surface area contributed by atoms with Gasteiger partial charge in [-0.15, -0.1) is 11.3 Å². The van der Waals surface area contributed by atoms with E-state index in [1.807, 2.05) is 0 Å². The van der Waals surface area contributed by atoms with Gasteiger partial charge in [0.15, 0.2) is 0 Å². The lowest BCUT2D eigenvalue weighted by atomic mass is 10.2. The number of halogens is 2. The summed E-state index contributed by atoms with van der Waals surface area (Å²) in [6.45, 7) is 1.89. The second kappa shape index (κ2) is 7.44. The van der Waals surface area contributed by atoms with Gasteiger partial charge < -0.3 is 10.1 Å². The quantitative estimate of drug-likeness (QED) is 0.683. The Morgan fingerprint density at radius 2 is 2.00 bits per heavy atom. The molecule has 1 N–H and O–H groups in total. The van der Waals surface area contributed by atoms with Crippen LogP contribution in [0.15, 0.2) is 53.9 Å². The first-order chi connectivity index (χ1) is 12.0. The molecule has 0 saturated heterocycles. The Hall–Kier alpha value is -2.73. The van der Waals surface area contributed by atoms with E-state index in [0.29, 0.717) is 21.9 Å². The molecule has 0 unspecified atom stereocenters. The minimum Gasteiger partial charge on any atom is -0.489 e. The number of ether oxygens (including phenoxy) is 1. The molecule has 25 heavy (non-hydrogen) atoms. The van der Waals surface area contributed by atoms with Gasteiger partial charge in [0, 0.05) is 17.3 Å². The highest BCUT2D eigenvalue weighted by atomic mass is 32.1. The molecular weight excluding hydrogens is 344 g/mol. The van der Waals surface area contributed by atoms with Crippen LogP contribution in [0.3, 0.4) is 0 Å². The predicted octanol–water partition coefficient (Wildman–Crippen LogP) is 5.17. The van der Waals surface area contributed by atoms with Gasteiger partial charge in [-0.3, -0.25) is 4.79 Å². The van der Waals surface area contributed by atoms with Gasteiger partial charge in [-0.2, -0.15) is 0 Å². The maximum atomic E-state index is 13.5. The minimum absolute atomic E-state index is 0.229. The SMILES string of the molecule is Cc1ccc(NC(=O)c2cc(COc3cccc(F)c3)cs2)cc1F. The summed E-state index contributed by atoms with van der Waals surface area (Å²) in [7, 11) is 0. The fourth-order valence-corrected chi connectivity index (χ4v) is 2.95. The second-order valence-corrected chi connectivity index (χ2v) is 6.39. The lowest BCUT2D eigenvalue weighted by Gasteiger charge is -2.05. The molecule has 128 valence electrons. The molecule has 0 aliphatic carbocycles. The number of benzene rings is 2. The Labute approximate surface area is 147 Å². The van der Waals surface area contributed by atoms with Gasteiger partial charge in [0.25, 0.3) is 5.91 Å². The summed E-state index contributed by atoms with van der Waals surface area (Å²) in [5, 5.41) is 4.46. The zero-order valence-electron chi connectivity index (χ0n) is 13.4. The van der Waals surface area contributed by atoms with Crippen molar-refractivity contribution in [2.24, 2.45) is 0 Å². The van der Waals surface area contributed by atoms with Crippen LogP contribution in [0.25, 0.3) is 0 Å². The third-order valence-electron chi connectivity index (χ3n) is 3.51.